The number of hydrogen-bond acceptors (Lipinski definition) is 5. The Hall–Kier alpha value is -2.93. The number of halogens is 8. The van der Waals surface area contributed by atoms with E-state index >= 15 is 0 Å². The lowest BCUT2D eigenvalue weighted by Crippen LogP contribution is -2.18. The topological polar surface area (TPSA) is 65.0 Å². The number of carbonyl (C=O) groups is 1. The lowest BCUT2D eigenvalue weighted by atomic mass is 10.2. The molecule has 0 aliphatic carbocycles. The summed E-state index contributed by atoms with van der Waals surface area (Å²) in [5.41, 5.74) is 0.657. The van der Waals surface area contributed by atoms with Crippen molar-refractivity contribution in [2.75, 3.05) is 20.3 Å². The zero-order valence-corrected chi connectivity index (χ0v) is 17.5. The molecule has 0 aliphatic rings. The molecule has 0 saturated heterocycles. The van der Waals surface area contributed by atoms with E-state index in [1.54, 1.807) is 24.3 Å². The molecule has 0 unspecified atom stereocenters. The van der Waals surface area contributed by atoms with Gasteiger partial charge in [-0.1, -0.05) is 26.0 Å². The number of ether oxygens (including phenoxy) is 3. The van der Waals surface area contributed by atoms with Crippen LogP contribution in [0.15, 0.2) is 24.3 Å². The Labute approximate surface area is 183 Å². The molecule has 5 nitrogen and oxygen atoms in total. The zero-order valence-electron chi connectivity index (χ0n) is 17.5. The van der Waals surface area contributed by atoms with Crippen molar-refractivity contribution in [2.24, 2.45) is 0 Å². The summed E-state index contributed by atoms with van der Waals surface area (Å²) >= 11 is 0. The maximum atomic E-state index is 13.4. The van der Waals surface area contributed by atoms with Gasteiger partial charge in [-0.25, -0.2) is 18.0 Å². The highest BCUT2D eigenvalue weighted by Crippen LogP contribution is 2.29. The van der Waals surface area contributed by atoms with Gasteiger partial charge in [0.1, 0.15) is 19.0 Å². The average Bonchev–Trinajstić information content (AvgIpc) is 2.81. The van der Waals surface area contributed by atoms with Gasteiger partial charge in [-0.05, 0) is 17.7 Å². The van der Waals surface area contributed by atoms with Crippen LogP contribution in [0, 0.1) is 29.1 Å². The van der Waals surface area contributed by atoms with Crippen LogP contribution in [0.4, 0.5) is 35.1 Å². The molecule has 2 rings (SSSR count). The van der Waals surface area contributed by atoms with E-state index < -0.39 is 60.2 Å². The molecule has 13 heteroatoms. The summed E-state index contributed by atoms with van der Waals surface area (Å²) in [6, 6.07) is 6.58. The lowest BCUT2D eigenvalue weighted by Gasteiger charge is -2.09. The minimum absolute atomic E-state index is 0.0454. The van der Waals surface area contributed by atoms with Crippen LogP contribution in [0.25, 0.3) is 0 Å². The molecule has 0 saturated carbocycles. The first-order chi connectivity index (χ1) is 15.4. The molecule has 0 amide bonds. The molecule has 33 heavy (non-hydrogen) atoms. The smallest absolute Gasteiger partial charge is 0.411 e. The maximum Gasteiger partial charge on any atom is 0.411 e. The van der Waals surface area contributed by atoms with E-state index in [0.29, 0.717) is 11.3 Å². The first-order valence-corrected chi connectivity index (χ1v) is 9.01. The predicted octanol–water partition coefficient (Wildman–Crippen LogP) is 5.08. The number of esters is 1. The van der Waals surface area contributed by atoms with Crippen molar-refractivity contribution in [3.8, 4) is 11.5 Å². The molecule has 0 aromatic heterocycles. The van der Waals surface area contributed by atoms with E-state index in [1.807, 2.05) is 13.8 Å². The Balaban J connectivity index is 0.00000111. The normalized spacial score (nSPS) is 10.4. The summed E-state index contributed by atoms with van der Waals surface area (Å²) in [5, 5.41) is 7.28. The molecule has 186 valence electrons. The van der Waals surface area contributed by atoms with E-state index in [0.717, 1.165) is 0 Å². The molecule has 1 N–H and O–H groups in total. The molecule has 0 fully saturated rings. The Kier molecular flexibility index (Phi) is 13.0. The molecule has 2 aromatic carbocycles. The Morgan fingerprint density at radius 2 is 1.30 bits per heavy atom. The second-order valence-electron chi connectivity index (χ2n) is 5.49. The molecule has 0 aliphatic heterocycles. The molecule has 2 aromatic rings. The number of alkyl halides is 3. The summed E-state index contributed by atoms with van der Waals surface area (Å²) in [7, 11) is 1.49. The van der Waals surface area contributed by atoms with E-state index in [-0.39, 0.29) is 6.61 Å². The van der Waals surface area contributed by atoms with Crippen molar-refractivity contribution in [3.05, 3.63) is 58.9 Å². The van der Waals surface area contributed by atoms with Gasteiger partial charge in [0.15, 0.2) is 0 Å². The molecular weight excluding hydrogens is 472 g/mol. The monoisotopic (exact) mass is 492 g/mol. The van der Waals surface area contributed by atoms with Crippen LogP contribution in [0.2, 0.25) is 0 Å². The van der Waals surface area contributed by atoms with Crippen molar-refractivity contribution in [3.63, 3.8) is 0 Å². The number of benzene rings is 2. The highest BCUT2D eigenvalue weighted by atomic mass is 19.4. The average molecular weight is 492 g/mol. The summed E-state index contributed by atoms with van der Waals surface area (Å²) in [5.74, 6) is -13.6. The third-order valence-electron chi connectivity index (χ3n) is 3.21. The second kappa shape index (κ2) is 14.3. The number of carbonyl (C=O) groups excluding carboxylic acids is 1. The van der Waals surface area contributed by atoms with E-state index in [2.05, 4.69) is 4.74 Å². The summed E-state index contributed by atoms with van der Waals surface area (Å²) in [6.07, 6.45) is -4.40. The first-order valence-electron chi connectivity index (χ1n) is 9.01. The largest absolute Gasteiger partial charge is 0.497 e. The Morgan fingerprint density at radius 3 is 1.70 bits per heavy atom. The van der Waals surface area contributed by atoms with E-state index in [9.17, 15) is 39.9 Å². The van der Waals surface area contributed by atoms with Gasteiger partial charge in [-0.3, -0.25) is 0 Å². The number of methoxy groups -OCH3 is 1. The highest BCUT2D eigenvalue weighted by molar-refractivity contribution is 5.73. The van der Waals surface area contributed by atoms with Crippen molar-refractivity contribution < 1.29 is 59.2 Å². The lowest BCUT2D eigenvalue weighted by molar-refractivity contribution is -0.159. The quantitative estimate of drug-likeness (QED) is 0.200. The highest BCUT2D eigenvalue weighted by Gasteiger charge is 2.28. The van der Waals surface area contributed by atoms with E-state index in [1.165, 1.54) is 7.11 Å². The molecule has 0 atom stereocenters. The fourth-order valence-corrected chi connectivity index (χ4v) is 1.79. The van der Waals surface area contributed by atoms with Gasteiger partial charge < -0.3 is 19.3 Å². The number of rotatable bonds is 6. The van der Waals surface area contributed by atoms with Crippen LogP contribution in [-0.4, -0.2) is 37.6 Å². The third kappa shape index (κ3) is 10.0. The molecular formula is C20H20F8O5. The molecule has 0 heterocycles. The second-order valence-corrected chi connectivity index (χ2v) is 5.49. The molecule has 0 radical (unpaired) electrons. The van der Waals surface area contributed by atoms with E-state index in [4.69, 9.17) is 14.6 Å². The van der Waals surface area contributed by atoms with Crippen LogP contribution in [-0.2, 0) is 16.1 Å². The van der Waals surface area contributed by atoms with Gasteiger partial charge in [0.05, 0.1) is 13.7 Å². The third-order valence-corrected chi connectivity index (χ3v) is 3.21. The summed E-state index contributed by atoms with van der Waals surface area (Å²) < 4.78 is 111. The van der Waals surface area contributed by atoms with Crippen molar-refractivity contribution in [1.29, 1.82) is 0 Å². The number of hydrogen-bond donors (Lipinski definition) is 1. The van der Waals surface area contributed by atoms with Gasteiger partial charge in [0.25, 0.3) is 0 Å². The minimum atomic E-state index is -4.40. The summed E-state index contributed by atoms with van der Waals surface area (Å²) in [6.45, 7) is 1.47. The van der Waals surface area contributed by atoms with Gasteiger partial charge in [-0.15, -0.1) is 0 Å². The fourth-order valence-electron chi connectivity index (χ4n) is 1.79. The van der Waals surface area contributed by atoms with Crippen LogP contribution in [0.1, 0.15) is 19.4 Å². The van der Waals surface area contributed by atoms with Crippen molar-refractivity contribution >= 4 is 5.97 Å². The summed E-state index contributed by atoms with van der Waals surface area (Å²) in [4.78, 5) is 11.5. The van der Waals surface area contributed by atoms with Gasteiger partial charge in [0, 0.05) is 0 Å². The first kappa shape index (κ1) is 30.1. The van der Waals surface area contributed by atoms with Crippen LogP contribution < -0.4 is 9.47 Å². The van der Waals surface area contributed by atoms with Crippen molar-refractivity contribution in [1.82, 2.24) is 0 Å². The minimum Gasteiger partial charge on any atom is -0.497 e. The van der Waals surface area contributed by atoms with Crippen LogP contribution in [0.5, 0.6) is 11.5 Å². The molecule has 0 spiro atoms. The number of aliphatic hydroxyl groups excluding tert-OH is 1. The fraction of sp³-hybridized carbons (Fsp3) is 0.350. The Bertz CT molecular complexity index is 856. The van der Waals surface area contributed by atoms with Gasteiger partial charge in [0.2, 0.25) is 34.8 Å². The predicted molar refractivity (Wildman–Crippen MR) is 99.0 cm³/mol. The standard InChI is InChI=1S/C16H11F5O4.C2H3F3O.C2H6/c1-23-9-4-2-8(3-5-9)6-24-7-10(22)25-16-14(20)12(18)11(17)13(19)15(16)21;3-2(4,5)1-6;1-2/h2-5H,6-7H2,1H3;6H,1H2;1-2H3. The Morgan fingerprint density at radius 1 is 0.879 bits per heavy atom. The molecule has 0 bridgehead atoms. The van der Waals surface area contributed by atoms with Gasteiger partial charge >= 0.3 is 12.1 Å². The van der Waals surface area contributed by atoms with Gasteiger partial charge in [-0.2, -0.15) is 22.0 Å². The maximum absolute atomic E-state index is 13.4. The van der Waals surface area contributed by atoms with Crippen LogP contribution >= 0.6 is 0 Å². The van der Waals surface area contributed by atoms with Crippen LogP contribution in [0.3, 0.4) is 0 Å². The zero-order chi connectivity index (χ0) is 25.8. The SMILES string of the molecule is CC.COc1ccc(COCC(=O)Oc2c(F)c(F)c(F)c(F)c2F)cc1.OCC(F)(F)F. The number of aliphatic hydroxyl groups is 1. The van der Waals surface area contributed by atoms with Crippen molar-refractivity contribution in [2.45, 2.75) is 26.6 Å².